The molecule has 1 aromatic carbocycles. The Labute approximate surface area is 139 Å². The summed E-state index contributed by atoms with van der Waals surface area (Å²) in [5.41, 5.74) is 7.51. The predicted octanol–water partition coefficient (Wildman–Crippen LogP) is 2.99. The van der Waals surface area contributed by atoms with Crippen molar-refractivity contribution in [1.29, 1.82) is 0 Å². The molecule has 1 unspecified atom stereocenters. The second kappa shape index (κ2) is 7.54. The molecule has 1 saturated carbocycles. The van der Waals surface area contributed by atoms with Gasteiger partial charge in [-0.15, -0.1) is 0 Å². The standard InChI is InChI=1S/C19H30N2O2/c1-22-18-16(19(14-20)10-3-2-4-11-19)8-5-9-17(18)23-15-7-6-12-21-13-15/h5,8-9,15,21H,2-4,6-7,10-14,20H2,1H3. The zero-order valence-corrected chi connectivity index (χ0v) is 14.3. The molecule has 0 aromatic heterocycles. The number of ether oxygens (including phenoxy) is 2. The van der Waals surface area contributed by atoms with Crippen LogP contribution in [0.1, 0.15) is 50.5 Å². The Kier molecular flexibility index (Phi) is 5.44. The van der Waals surface area contributed by atoms with Gasteiger partial charge in [0.15, 0.2) is 11.5 Å². The van der Waals surface area contributed by atoms with Crippen LogP contribution in [0.5, 0.6) is 11.5 Å². The van der Waals surface area contributed by atoms with Crippen molar-refractivity contribution in [2.75, 3.05) is 26.7 Å². The number of para-hydroxylation sites is 1. The molecule has 1 aliphatic heterocycles. The van der Waals surface area contributed by atoms with Gasteiger partial charge in [-0.1, -0.05) is 31.4 Å². The first-order valence-electron chi connectivity index (χ1n) is 9.04. The third kappa shape index (κ3) is 3.48. The average molecular weight is 318 g/mol. The average Bonchev–Trinajstić information content (AvgIpc) is 2.63. The fourth-order valence-corrected chi connectivity index (χ4v) is 4.15. The topological polar surface area (TPSA) is 56.5 Å². The van der Waals surface area contributed by atoms with Crippen LogP contribution in [0.2, 0.25) is 0 Å². The molecule has 0 radical (unpaired) electrons. The van der Waals surface area contributed by atoms with Gasteiger partial charge in [0.05, 0.1) is 7.11 Å². The van der Waals surface area contributed by atoms with Crippen LogP contribution in [-0.4, -0.2) is 32.8 Å². The second-order valence-electron chi connectivity index (χ2n) is 6.97. The lowest BCUT2D eigenvalue weighted by Crippen LogP contribution is -2.38. The molecule has 1 heterocycles. The zero-order chi connectivity index (χ0) is 16.1. The number of piperidine rings is 1. The summed E-state index contributed by atoms with van der Waals surface area (Å²) in [4.78, 5) is 0. The molecule has 3 N–H and O–H groups in total. The summed E-state index contributed by atoms with van der Waals surface area (Å²) in [6.45, 7) is 2.68. The molecule has 2 fully saturated rings. The van der Waals surface area contributed by atoms with E-state index in [-0.39, 0.29) is 11.5 Å². The normalized spacial score (nSPS) is 24.2. The fraction of sp³-hybridized carbons (Fsp3) is 0.684. The van der Waals surface area contributed by atoms with Gasteiger partial charge in [0.25, 0.3) is 0 Å². The predicted molar refractivity (Wildman–Crippen MR) is 93.3 cm³/mol. The molecule has 23 heavy (non-hydrogen) atoms. The van der Waals surface area contributed by atoms with Crippen LogP contribution < -0.4 is 20.5 Å². The summed E-state index contributed by atoms with van der Waals surface area (Å²) in [6.07, 6.45) is 8.60. The first kappa shape index (κ1) is 16.6. The lowest BCUT2D eigenvalue weighted by molar-refractivity contribution is 0.159. The number of hydrogen-bond donors (Lipinski definition) is 2. The van der Waals surface area contributed by atoms with Crippen molar-refractivity contribution in [3.63, 3.8) is 0 Å². The van der Waals surface area contributed by atoms with E-state index in [9.17, 15) is 0 Å². The number of nitrogens with one attached hydrogen (secondary N) is 1. The minimum Gasteiger partial charge on any atom is -0.493 e. The molecule has 1 atom stereocenters. The molecule has 4 nitrogen and oxygen atoms in total. The summed E-state index contributed by atoms with van der Waals surface area (Å²) >= 11 is 0. The largest absolute Gasteiger partial charge is 0.493 e. The first-order valence-corrected chi connectivity index (χ1v) is 9.04. The Hall–Kier alpha value is -1.26. The number of benzene rings is 1. The molecular formula is C19H30N2O2. The van der Waals surface area contributed by atoms with Crippen LogP contribution in [0, 0.1) is 0 Å². The highest BCUT2D eigenvalue weighted by Gasteiger charge is 2.36. The van der Waals surface area contributed by atoms with Crippen LogP contribution in [0.15, 0.2) is 18.2 Å². The van der Waals surface area contributed by atoms with Crippen LogP contribution in [-0.2, 0) is 5.41 Å². The molecule has 1 aliphatic carbocycles. The second-order valence-corrected chi connectivity index (χ2v) is 6.97. The van der Waals surface area contributed by atoms with Gasteiger partial charge in [0.2, 0.25) is 0 Å². The van der Waals surface area contributed by atoms with Gasteiger partial charge < -0.3 is 20.5 Å². The summed E-state index contributed by atoms with van der Waals surface area (Å²) < 4.78 is 12.1. The molecular weight excluding hydrogens is 288 g/mol. The van der Waals surface area contributed by atoms with Gasteiger partial charge in [-0.05, 0) is 38.3 Å². The molecule has 0 spiro atoms. The van der Waals surface area contributed by atoms with Gasteiger partial charge >= 0.3 is 0 Å². The van der Waals surface area contributed by atoms with Gasteiger partial charge in [-0.25, -0.2) is 0 Å². The smallest absolute Gasteiger partial charge is 0.164 e. The highest BCUT2D eigenvalue weighted by molar-refractivity contribution is 5.50. The van der Waals surface area contributed by atoms with Crippen molar-refractivity contribution >= 4 is 0 Å². The zero-order valence-electron chi connectivity index (χ0n) is 14.3. The number of rotatable bonds is 5. The summed E-state index contributed by atoms with van der Waals surface area (Å²) in [5.74, 6) is 1.77. The van der Waals surface area contributed by atoms with Crippen molar-refractivity contribution in [2.45, 2.75) is 56.5 Å². The van der Waals surface area contributed by atoms with Gasteiger partial charge in [0, 0.05) is 24.1 Å². The highest BCUT2D eigenvalue weighted by Crippen LogP contribution is 2.46. The van der Waals surface area contributed by atoms with Gasteiger partial charge in [-0.2, -0.15) is 0 Å². The molecule has 4 heteroatoms. The third-order valence-corrected chi connectivity index (χ3v) is 5.50. The monoisotopic (exact) mass is 318 g/mol. The summed E-state index contributed by atoms with van der Waals surface area (Å²) in [5, 5.41) is 3.40. The van der Waals surface area contributed by atoms with Gasteiger partial charge in [0.1, 0.15) is 6.10 Å². The maximum atomic E-state index is 6.27. The SMILES string of the molecule is COc1c(OC2CCCNC2)cccc1C1(CN)CCCCC1. The van der Waals surface area contributed by atoms with Gasteiger partial charge in [-0.3, -0.25) is 0 Å². The van der Waals surface area contributed by atoms with Crippen LogP contribution in [0.3, 0.4) is 0 Å². The van der Waals surface area contributed by atoms with Crippen LogP contribution >= 0.6 is 0 Å². The van der Waals surface area contributed by atoms with E-state index in [1.54, 1.807) is 7.11 Å². The van der Waals surface area contributed by atoms with E-state index in [1.807, 2.05) is 6.07 Å². The maximum absolute atomic E-state index is 6.27. The van der Waals surface area contributed by atoms with E-state index < -0.39 is 0 Å². The quantitative estimate of drug-likeness (QED) is 0.876. The Morgan fingerprint density at radius 1 is 1.22 bits per heavy atom. The molecule has 3 rings (SSSR count). The highest BCUT2D eigenvalue weighted by atomic mass is 16.5. The Morgan fingerprint density at radius 3 is 2.70 bits per heavy atom. The van der Waals surface area contributed by atoms with E-state index >= 15 is 0 Å². The molecule has 1 saturated heterocycles. The Bertz CT molecular complexity index is 506. The Morgan fingerprint density at radius 2 is 2.04 bits per heavy atom. The molecule has 2 aliphatic rings. The molecule has 0 amide bonds. The molecule has 0 bridgehead atoms. The fourth-order valence-electron chi connectivity index (χ4n) is 4.15. The lowest BCUT2D eigenvalue weighted by atomic mass is 9.69. The van der Waals surface area contributed by atoms with Crippen molar-refractivity contribution in [3.8, 4) is 11.5 Å². The summed E-state index contributed by atoms with van der Waals surface area (Å²) in [7, 11) is 1.75. The maximum Gasteiger partial charge on any atom is 0.164 e. The van der Waals surface area contributed by atoms with Crippen LogP contribution in [0.4, 0.5) is 0 Å². The van der Waals surface area contributed by atoms with Crippen molar-refractivity contribution in [1.82, 2.24) is 5.32 Å². The van der Waals surface area contributed by atoms with E-state index in [0.717, 1.165) is 43.9 Å². The number of nitrogens with two attached hydrogens (primary N) is 1. The van der Waals surface area contributed by atoms with Crippen LogP contribution in [0.25, 0.3) is 0 Å². The first-order chi connectivity index (χ1) is 11.3. The Balaban J connectivity index is 1.89. The van der Waals surface area contributed by atoms with E-state index in [2.05, 4.69) is 17.4 Å². The van der Waals surface area contributed by atoms with E-state index in [0.29, 0.717) is 6.54 Å². The lowest BCUT2D eigenvalue weighted by Gasteiger charge is -2.38. The van der Waals surface area contributed by atoms with Crippen molar-refractivity contribution in [2.24, 2.45) is 5.73 Å². The third-order valence-electron chi connectivity index (χ3n) is 5.50. The minimum atomic E-state index is 0.0494. The van der Waals surface area contributed by atoms with Crippen molar-refractivity contribution in [3.05, 3.63) is 23.8 Å². The molecule has 128 valence electrons. The number of methoxy groups -OCH3 is 1. The molecule has 1 aromatic rings. The number of hydrogen-bond acceptors (Lipinski definition) is 4. The minimum absolute atomic E-state index is 0.0494. The summed E-state index contributed by atoms with van der Waals surface area (Å²) in [6, 6.07) is 6.31. The van der Waals surface area contributed by atoms with E-state index in [4.69, 9.17) is 15.2 Å². The van der Waals surface area contributed by atoms with Crippen molar-refractivity contribution < 1.29 is 9.47 Å². The van der Waals surface area contributed by atoms with E-state index in [1.165, 1.54) is 31.2 Å².